The molecule has 0 amide bonds. The molecule has 0 bridgehead atoms. The maximum absolute atomic E-state index is 12.1. The van der Waals surface area contributed by atoms with Crippen molar-refractivity contribution in [1.29, 1.82) is 0 Å². The van der Waals surface area contributed by atoms with Crippen LogP contribution in [0.3, 0.4) is 0 Å². The van der Waals surface area contributed by atoms with Gasteiger partial charge in [-0.3, -0.25) is 0 Å². The molecule has 140 valence electrons. The molecule has 26 heavy (non-hydrogen) atoms. The quantitative estimate of drug-likeness (QED) is 0.671. The molecule has 0 fully saturated rings. The lowest BCUT2D eigenvalue weighted by molar-refractivity contribution is 0.583. The van der Waals surface area contributed by atoms with Gasteiger partial charge in [-0.2, -0.15) is 0 Å². The highest BCUT2D eigenvalue weighted by Gasteiger charge is 2.13. The van der Waals surface area contributed by atoms with Crippen molar-refractivity contribution in [1.82, 2.24) is 9.44 Å². The smallest absolute Gasteiger partial charge is 0.207 e. The van der Waals surface area contributed by atoms with E-state index in [1.165, 1.54) is 24.3 Å². The molecule has 0 heterocycles. The predicted octanol–water partition coefficient (Wildman–Crippen LogP) is 2.12. The molecule has 2 N–H and O–H groups in total. The number of hydrogen-bond acceptors (Lipinski definition) is 4. The standard InChI is InChI=1S/C18H22N2O4S2/c1-15-5-9-17(10-6-15)25(21,22)19-13-3-4-14-20-26(23,24)18-11-7-16(2)8-12-18/h3-12,19-20H,13-14H2,1-2H3/b4-3-. The highest BCUT2D eigenvalue weighted by molar-refractivity contribution is 7.89. The van der Waals surface area contributed by atoms with Crippen LogP contribution in [0.25, 0.3) is 0 Å². The van der Waals surface area contributed by atoms with Gasteiger partial charge in [0.1, 0.15) is 0 Å². The second-order valence-electron chi connectivity index (χ2n) is 5.80. The van der Waals surface area contributed by atoms with Crippen LogP contribution in [0.4, 0.5) is 0 Å². The van der Waals surface area contributed by atoms with E-state index < -0.39 is 20.0 Å². The lowest BCUT2D eigenvalue weighted by Gasteiger charge is -2.06. The highest BCUT2D eigenvalue weighted by atomic mass is 32.2. The molecular weight excluding hydrogens is 372 g/mol. The first-order chi connectivity index (χ1) is 12.2. The summed E-state index contributed by atoms with van der Waals surface area (Å²) in [7, 11) is -7.16. The number of aryl methyl sites for hydroxylation is 2. The average Bonchev–Trinajstić information content (AvgIpc) is 2.58. The molecule has 0 atom stereocenters. The van der Waals surface area contributed by atoms with Gasteiger partial charge < -0.3 is 0 Å². The minimum absolute atomic E-state index is 0.0719. The molecule has 8 heteroatoms. The summed E-state index contributed by atoms with van der Waals surface area (Å²) in [6.45, 7) is 3.90. The maximum atomic E-state index is 12.1. The van der Waals surface area contributed by atoms with Crippen LogP contribution in [-0.4, -0.2) is 29.9 Å². The van der Waals surface area contributed by atoms with Crippen LogP contribution in [0.5, 0.6) is 0 Å². The van der Waals surface area contributed by atoms with E-state index in [0.717, 1.165) is 11.1 Å². The third-order valence-electron chi connectivity index (χ3n) is 3.61. The van der Waals surface area contributed by atoms with E-state index in [0.29, 0.717) is 0 Å². The molecule has 2 aromatic rings. The number of sulfonamides is 2. The van der Waals surface area contributed by atoms with Crippen molar-refractivity contribution in [3.63, 3.8) is 0 Å². The minimum atomic E-state index is -3.58. The second kappa shape index (κ2) is 8.59. The Bertz CT molecular complexity index is 881. The molecule has 0 radical (unpaired) electrons. The molecule has 2 rings (SSSR count). The van der Waals surface area contributed by atoms with Gasteiger partial charge in [0.2, 0.25) is 20.0 Å². The Morgan fingerprint density at radius 1 is 0.654 bits per heavy atom. The molecule has 2 aromatic carbocycles. The van der Waals surface area contributed by atoms with Crippen molar-refractivity contribution in [2.24, 2.45) is 0 Å². The number of benzene rings is 2. The van der Waals surface area contributed by atoms with Crippen LogP contribution in [0.1, 0.15) is 11.1 Å². The molecule has 0 unspecified atom stereocenters. The summed E-state index contributed by atoms with van der Waals surface area (Å²) in [6, 6.07) is 13.1. The number of nitrogens with one attached hydrogen (secondary N) is 2. The SMILES string of the molecule is Cc1ccc(S(=O)(=O)NC/C=C\CNS(=O)(=O)c2ccc(C)cc2)cc1. The van der Waals surface area contributed by atoms with Crippen molar-refractivity contribution >= 4 is 20.0 Å². The summed E-state index contributed by atoms with van der Waals surface area (Å²) in [6.07, 6.45) is 3.12. The summed E-state index contributed by atoms with van der Waals surface area (Å²) in [5, 5.41) is 0. The molecule has 0 spiro atoms. The summed E-state index contributed by atoms with van der Waals surface area (Å²) >= 11 is 0. The fourth-order valence-electron chi connectivity index (χ4n) is 2.08. The van der Waals surface area contributed by atoms with Gasteiger partial charge in [0.05, 0.1) is 9.79 Å². The van der Waals surface area contributed by atoms with Gasteiger partial charge >= 0.3 is 0 Å². The van der Waals surface area contributed by atoms with Crippen molar-refractivity contribution in [3.8, 4) is 0 Å². The zero-order valence-corrected chi connectivity index (χ0v) is 16.3. The van der Waals surface area contributed by atoms with Gasteiger partial charge in [-0.1, -0.05) is 47.5 Å². The summed E-state index contributed by atoms with van der Waals surface area (Å²) in [4.78, 5) is 0.383. The fraction of sp³-hybridized carbons (Fsp3) is 0.222. The van der Waals surface area contributed by atoms with E-state index in [9.17, 15) is 16.8 Å². The Morgan fingerprint density at radius 2 is 0.962 bits per heavy atom. The first kappa shape index (κ1) is 20.3. The van der Waals surface area contributed by atoms with Crippen molar-refractivity contribution < 1.29 is 16.8 Å². The molecule has 0 saturated carbocycles. The van der Waals surface area contributed by atoms with Gasteiger partial charge in [0.15, 0.2) is 0 Å². The Balaban J connectivity index is 1.84. The topological polar surface area (TPSA) is 92.3 Å². The van der Waals surface area contributed by atoms with E-state index in [1.54, 1.807) is 36.4 Å². The molecular formula is C18H22N2O4S2. The summed E-state index contributed by atoms with van der Waals surface area (Å²) < 4.78 is 53.2. The van der Waals surface area contributed by atoms with Crippen LogP contribution in [-0.2, 0) is 20.0 Å². The average molecular weight is 395 g/mol. The van der Waals surface area contributed by atoms with Crippen LogP contribution >= 0.6 is 0 Å². The summed E-state index contributed by atoms with van der Waals surface area (Å²) in [5.74, 6) is 0. The fourth-order valence-corrected chi connectivity index (χ4v) is 4.04. The van der Waals surface area contributed by atoms with Gasteiger partial charge in [-0.25, -0.2) is 26.3 Å². The molecule has 6 nitrogen and oxygen atoms in total. The van der Waals surface area contributed by atoms with Crippen molar-refractivity contribution in [2.75, 3.05) is 13.1 Å². The van der Waals surface area contributed by atoms with Crippen LogP contribution < -0.4 is 9.44 Å². The van der Waals surface area contributed by atoms with Crippen LogP contribution in [0.15, 0.2) is 70.5 Å². The lowest BCUT2D eigenvalue weighted by atomic mass is 10.2. The zero-order chi connectivity index (χ0) is 19.2. The monoisotopic (exact) mass is 394 g/mol. The van der Waals surface area contributed by atoms with E-state index in [1.807, 2.05) is 13.8 Å². The Labute approximate surface area is 155 Å². The maximum Gasteiger partial charge on any atom is 0.240 e. The first-order valence-corrected chi connectivity index (χ1v) is 10.9. The summed E-state index contributed by atoms with van der Waals surface area (Å²) in [5.41, 5.74) is 1.95. The largest absolute Gasteiger partial charge is 0.240 e. The Hall–Kier alpha value is -2.00. The van der Waals surface area contributed by atoms with Crippen molar-refractivity contribution in [3.05, 3.63) is 71.8 Å². The van der Waals surface area contributed by atoms with Gasteiger partial charge in [-0.15, -0.1) is 0 Å². The molecule has 0 aliphatic heterocycles. The van der Waals surface area contributed by atoms with E-state index in [4.69, 9.17) is 0 Å². The molecule has 0 saturated heterocycles. The number of hydrogen-bond donors (Lipinski definition) is 2. The second-order valence-corrected chi connectivity index (χ2v) is 9.34. The predicted molar refractivity (Wildman–Crippen MR) is 102 cm³/mol. The molecule has 0 aliphatic rings. The van der Waals surface area contributed by atoms with Gasteiger partial charge in [0.25, 0.3) is 0 Å². The highest BCUT2D eigenvalue weighted by Crippen LogP contribution is 2.10. The van der Waals surface area contributed by atoms with Crippen molar-refractivity contribution in [2.45, 2.75) is 23.6 Å². The zero-order valence-electron chi connectivity index (χ0n) is 14.6. The minimum Gasteiger partial charge on any atom is -0.207 e. The third kappa shape index (κ3) is 5.77. The normalized spacial score (nSPS) is 12.5. The Kier molecular flexibility index (Phi) is 6.71. The van der Waals surface area contributed by atoms with E-state index >= 15 is 0 Å². The number of rotatable bonds is 8. The first-order valence-electron chi connectivity index (χ1n) is 7.98. The van der Waals surface area contributed by atoms with E-state index in [2.05, 4.69) is 9.44 Å². The molecule has 0 aliphatic carbocycles. The lowest BCUT2D eigenvalue weighted by Crippen LogP contribution is -2.25. The van der Waals surface area contributed by atoms with Gasteiger partial charge in [0, 0.05) is 13.1 Å². The molecule has 0 aromatic heterocycles. The van der Waals surface area contributed by atoms with E-state index in [-0.39, 0.29) is 22.9 Å². The Morgan fingerprint density at radius 3 is 1.27 bits per heavy atom. The van der Waals surface area contributed by atoms with Crippen LogP contribution in [0, 0.1) is 13.8 Å². The van der Waals surface area contributed by atoms with Crippen LogP contribution in [0.2, 0.25) is 0 Å². The van der Waals surface area contributed by atoms with Gasteiger partial charge in [-0.05, 0) is 38.1 Å². The third-order valence-corrected chi connectivity index (χ3v) is 6.49.